The van der Waals surface area contributed by atoms with Gasteiger partial charge in [0, 0.05) is 39.4 Å². The van der Waals surface area contributed by atoms with Crippen LogP contribution in [0.15, 0.2) is 29.3 Å². The molecule has 1 aromatic carbocycles. The lowest BCUT2D eigenvalue weighted by atomic mass is 10.0. The lowest BCUT2D eigenvalue weighted by Gasteiger charge is -2.32. The smallest absolute Gasteiger partial charge is 0.194 e. The Bertz CT molecular complexity index is 572. The summed E-state index contributed by atoms with van der Waals surface area (Å²) in [6.07, 6.45) is 4.85. The Morgan fingerprint density at radius 1 is 1.24 bits per heavy atom. The fraction of sp³-hybridized carbons (Fsp3) is 0.650. The fourth-order valence-corrected chi connectivity index (χ4v) is 3.44. The molecule has 1 N–H and O–H groups in total. The zero-order valence-electron chi connectivity index (χ0n) is 15.6. The summed E-state index contributed by atoms with van der Waals surface area (Å²) in [5.74, 6) is 1.08. The zero-order valence-corrected chi connectivity index (χ0v) is 17.9. The van der Waals surface area contributed by atoms with Gasteiger partial charge in [-0.25, -0.2) is 0 Å². The highest BCUT2D eigenvalue weighted by Crippen LogP contribution is 2.49. The molecule has 1 fully saturated rings. The normalized spacial score (nSPS) is 18.3. The molecule has 0 atom stereocenters. The molecule has 4 nitrogen and oxygen atoms in total. The monoisotopic (exact) mass is 457 g/mol. The van der Waals surface area contributed by atoms with Crippen molar-refractivity contribution in [3.8, 4) is 0 Å². The number of hydrogen-bond acceptors (Lipinski definition) is 2. The van der Waals surface area contributed by atoms with Crippen LogP contribution in [0, 0.1) is 5.41 Å². The van der Waals surface area contributed by atoms with Crippen molar-refractivity contribution in [1.82, 2.24) is 10.2 Å². The summed E-state index contributed by atoms with van der Waals surface area (Å²) < 4.78 is 5.54. The number of rotatable bonds is 7. The summed E-state index contributed by atoms with van der Waals surface area (Å²) in [5, 5.41) is 3.50. The number of nitrogens with one attached hydrogen (secondary N) is 1. The van der Waals surface area contributed by atoms with Crippen molar-refractivity contribution < 1.29 is 4.74 Å². The molecular weight excluding hydrogens is 425 g/mol. The first kappa shape index (κ1) is 20.5. The summed E-state index contributed by atoms with van der Waals surface area (Å²) in [4.78, 5) is 7.41. The molecule has 0 amide bonds. The third-order valence-electron chi connectivity index (χ3n) is 5.27. The first-order valence-corrected chi connectivity index (χ1v) is 9.44. The van der Waals surface area contributed by atoms with Crippen LogP contribution in [0.2, 0.25) is 0 Å². The molecule has 1 saturated carbocycles. The average Bonchev–Trinajstić information content (AvgIpc) is 3.38. The summed E-state index contributed by atoms with van der Waals surface area (Å²) in [7, 11) is 0. The summed E-state index contributed by atoms with van der Waals surface area (Å²) >= 11 is 0. The van der Waals surface area contributed by atoms with E-state index in [1.807, 2.05) is 0 Å². The topological polar surface area (TPSA) is 36.9 Å². The number of ether oxygens (including phenoxy) is 1. The molecule has 0 unspecified atom stereocenters. The van der Waals surface area contributed by atoms with E-state index < -0.39 is 0 Å². The van der Waals surface area contributed by atoms with Crippen molar-refractivity contribution in [2.75, 3.05) is 32.8 Å². The number of nitrogens with zero attached hydrogens (tertiary/aromatic N) is 2. The van der Waals surface area contributed by atoms with Gasteiger partial charge in [-0.3, -0.25) is 4.99 Å². The van der Waals surface area contributed by atoms with Gasteiger partial charge >= 0.3 is 0 Å². The molecule has 0 saturated heterocycles. The Labute approximate surface area is 169 Å². The summed E-state index contributed by atoms with van der Waals surface area (Å²) in [6.45, 7) is 9.77. The number of hydrogen-bond donors (Lipinski definition) is 1. The minimum atomic E-state index is 0. The van der Waals surface area contributed by atoms with Gasteiger partial charge in [0.25, 0.3) is 0 Å². The van der Waals surface area contributed by atoms with E-state index >= 15 is 0 Å². The van der Waals surface area contributed by atoms with Crippen LogP contribution >= 0.6 is 24.0 Å². The molecule has 1 aromatic rings. The first-order valence-electron chi connectivity index (χ1n) is 9.44. The van der Waals surface area contributed by atoms with E-state index in [0.717, 1.165) is 58.2 Å². The molecule has 0 aromatic heterocycles. The van der Waals surface area contributed by atoms with E-state index in [1.54, 1.807) is 0 Å². The first-order chi connectivity index (χ1) is 11.8. The largest absolute Gasteiger partial charge is 0.382 e. The second-order valence-electron chi connectivity index (χ2n) is 7.06. The van der Waals surface area contributed by atoms with Crippen molar-refractivity contribution in [2.45, 2.75) is 46.1 Å². The molecule has 140 valence electrons. The molecule has 1 aliphatic heterocycles. The SMILES string of the molecule is CCNC(=NCC1(CCOCC)CC1)N1CCc2ccccc2C1.I. The van der Waals surface area contributed by atoms with Crippen LogP contribution in [0.4, 0.5) is 0 Å². The molecule has 5 heteroatoms. The van der Waals surface area contributed by atoms with Gasteiger partial charge < -0.3 is 15.0 Å². The predicted octanol–water partition coefficient (Wildman–Crippen LogP) is 3.84. The van der Waals surface area contributed by atoms with Crippen molar-refractivity contribution >= 4 is 29.9 Å². The molecule has 3 rings (SSSR count). The van der Waals surface area contributed by atoms with Gasteiger partial charge in [0.2, 0.25) is 0 Å². The average molecular weight is 457 g/mol. The minimum absolute atomic E-state index is 0. The van der Waals surface area contributed by atoms with Crippen LogP contribution in [-0.2, 0) is 17.7 Å². The van der Waals surface area contributed by atoms with E-state index in [9.17, 15) is 0 Å². The second-order valence-corrected chi connectivity index (χ2v) is 7.06. The summed E-state index contributed by atoms with van der Waals surface area (Å²) in [6, 6.07) is 8.78. The number of halogens is 1. The van der Waals surface area contributed by atoms with Gasteiger partial charge in [-0.1, -0.05) is 24.3 Å². The highest BCUT2D eigenvalue weighted by atomic mass is 127. The van der Waals surface area contributed by atoms with Crippen LogP contribution in [0.3, 0.4) is 0 Å². The molecule has 25 heavy (non-hydrogen) atoms. The number of aliphatic imine (C=N–C) groups is 1. The van der Waals surface area contributed by atoms with Crippen LogP contribution in [-0.4, -0.2) is 43.7 Å². The van der Waals surface area contributed by atoms with Gasteiger partial charge in [0.05, 0.1) is 0 Å². The standard InChI is InChI=1S/C20H31N3O.HI/c1-3-21-19(22-16-20(10-11-20)12-14-24-4-2)23-13-9-17-7-5-6-8-18(17)15-23;/h5-8H,3-4,9-16H2,1-2H3,(H,21,22);1H. The van der Waals surface area contributed by atoms with Crippen molar-refractivity contribution in [1.29, 1.82) is 0 Å². The Kier molecular flexibility index (Phi) is 8.00. The minimum Gasteiger partial charge on any atom is -0.382 e. The highest BCUT2D eigenvalue weighted by molar-refractivity contribution is 14.0. The Morgan fingerprint density at radius 3 is 2.68 bits per heavy atom. The Hall–Kier alpha value is -0.820. The maximum Gasteiger partial charge on any atom is 0.194 e. The molecule has 2 aliphatic rings. The van der Waals surface area contributed by atoms with E-state index in [4.69, 9.17) is 9.73 Å². The molecule has 0 spiro atoms. The Morgan fingerprint density at radius 2 is 2.00 bits per heavy atom. The zero-order chi connectivity index (χ0) is 16.8. The van der Waals surface area contributed by atoms with E-state index in [-0.39, 0.29) is 24.0 Å². The van der Waals surface area contributed by atoms with Crippen LogP contribution in [0.1, 0.15) is 44.2 Å². The molecule has 1 aliphatic carbocycles. The molecule has 0 bridgehead atoms. The van der Waals surface area contributed by atoms with E-state index in [1.165, 1.54) is 24.0 Å². The third-order valence-corrected chi connectivity index (χ3v) is 5.27. The van der Waals surface area contributed by atoms with E-state index in [2.05, 4.69) is 48.3 Å². The van der Waals surface area contributed by atoms with Crippen molar-refractivity contribution in [2.24, 2.45) is 10.4 Å². The van der Waals surface area contributed by atoms with Crippen LogP contribution < -0.4 is 5.32 Å². The van der Waals surface area contributed by atoms with E-state index in [0.29, 0.717) is 5.41 Å². The van der Waals surface area contributed by atoms with Gasteiger partial charge in [0.15, 0.2) is 5.96 Å². The Balaban J connectivity index is 0.00000225. The number of fused-ring (bicyclic) bond motifs is 1. The van der Waals surface area contributed by atoms with Crippen LogP contribution in [0.25, 0.3) is 0 Å². The van der Waals surface area contributed by atoms with Gasteiger partial charge in [-0.2, -0.15) is 0 Å². The van der Waals surface area contributed by atoms with Gasteiger partial charge in [-0.15, -0.1) is 24.0 Å². The number of benzene rings is 1. The van der Waals surface area contributed by atoms with Gasteiger partial charge in [0.1, 0.15) is 0 Å². The lowest BCUT2D eigenvalue weighted by molar-refractivity contribution is 0.129. The van der Waals surface area contributed by atoms with Crippen LogP contribution in [0.5, 0.6) is 0 Å². The molecule has 1 heterocycles. The fourth-order valence-electron chi connectivity index (χ4n) is 3.44. The molecule has 0 radical (unpaired) electrons. The van der Waals surface area contributed by atoms with Crippen molar-refractivity contribution in [3.05, 3.63) is 35.4 Å². The van der Waals surface area contributed by atoms with Crippen molar-refractivity contribution in [3.63, 3.8) is 0 Å². The highest BCUT2D eigenvalue weighted by Gasteiger charge is 2.42. The third kappa shape index (κ3) is 5.58. The quantitative estimate of drug-likeness (QED) is 0.293. The summed E-state index contributed by atoms with van der Waals surface area (Å²) in [5.41, 5.74) is 3.33. The maximum absolute atomic E-state index is 5.54. The predicted molar refractivity (Wildman–Crippen MR) is 115 cm³/mol. The van der Waals surface area contributed by atoms with Gasteiger partial charge in [-0.05, 0) is 56.1 Å². The molecular formula is C20H32IN3O. The second kappa shape index (κ2) is 9.76. The maximum atomic E-state index is 5.54. The lowest BCUT2D eigenvalue weighted by Crippen LogP contribution is -2.44. The number of guanidine groups is 1.